The first-order chi connectivity index (χ1) is 12.1. The van der Waals surface area contributed by atoms with E-state index in [2.05, 4.69) is 10.6 Å². The first-order valence-electron chi connectivity index (χ1n) is 9.48. The van der Waals surface area contributed by atoms with E-state index in [1.807, 2.05) is 18.2 Å². The second-order valence-corrected chi connectivity index (χ2v) is 9.65. The van der Waals surface area contributed by atoms with Crippen LogP contribution in [0.2, 0.25) is 0 Å². The molecule has 0 spiro atoms. The van der Waals surface area contributed by atoms with Crippen molar-refractivity contribution in [2.45, 2.75) is 55.4 Å². The summed E-state index contributed by atoms with van der Waals surface area (Å²) < 4.78 is 0. The van der Waals surface area contributed by atoms with E-state index in [1.165, 1.54) is 19.3 Å². The van der Waals surface area contributed by atoms with Crippen LogP contribution in [-0.2, 0) is 4.79 Å². The Bertz CT molecular complexity index is 710. The van der Waals surface area contributed by atoms with Gasteiger partial charge in [-0.05, 0) is 74.5 Å². The van der Waals surface area contributed by atoms with Gasteiger partial charge in [-0.3, -0.25) is 9.59 Å². The largest absolute Gasteiger partial charge is 0.347 e. The molecule has 0 unspecified atom stereocenters. The summed E-state index contributed by atoms with van der Waals surface area (Å²) in [5.41, 5.74) is 1.47. The molecule has 1 aromatic carbocycles. The van der Waals surface area contributed by atoms with Crippen LogP contribution in [0.3, 0.4) is 0 Å². The van der Waals surface area contributed by atoms with Crippen molar-refractivity contribution in [1.29, 1.82) is 0 Å². The molecular formula is C20H24N2O2S. The third kappa shape index (κ3) is 2.86. The highest BCUT2D eigenvalue weighted by atomic mass is 32.2. The summed E-state index contributed by atoms with van der Waals surface area (Å²) in [5.74, 6) is 3.29. The molecule has 2 N–H and O–H groups in total. The van der Waals surface area contributed by atoms with E-state index in [0.29, 0.717) is 12.0 Å². The van der Waals surface area contributed by atoms with Crippen molar-refractivity contribution in [2.24, 2.45) is 17.8 Å². The standard InChI is InChI=1S/C20H24N2O2S/c23-18-3-4-25-17-2-1-15(8-16(17)21-18)19(24)22-20-9-12-5-13(10-20)7-14(6-12)11-20/h1-2,8,12-14H,3-7,9-11H2,(H,21,23)(H,22,24). The Morgan fingerprint density at radius 3 is 2.48 bits per heavy atom. The van der Waals surface area contributed by atoms with Gasteiger partial charge in [0, 0.05) is 28.2 Å². The van der Waals surface area contributed by atoms with Crippen molar-refractivity contribution < 1.29 is 9.59 Å². The molecule has 0 aromatic heterocycles. The van der Waals surface area contributed by atoms with E-state index in [0.717, 1.165) is 53.4 Å². The summed E-state index contributed by atoms with van der Waals surface area (Å²) in [5, 5.41) is 6.35. The van der Waals surface area contributed by atoms with Gasteiger partial charge < -0.3 is 10.6 Å². The maximum Gasteiger partial charge on any atom is 0.251 e. The van der Waals surface area contributed by atoms with Gasteiger partial charge in [-0.2, -0.15) is 0 Å². The Labute approximate surface area is 152 Å². The summed E-state index contributed by atoms with van der Waals surface area (Å²) in [4.78, 5) is 25.8. The molecule has 5 aliphatic rings. The molecule has 4 saturated carbocycles. The van der Waals surface area contributed by atoms with Gasteiger partial charge >= 0.3 is 0 Å². The molecule has 4 bridgehead atoms. The predicted molar refractivity (Wildman–Crippen MR) is 98.8 cm³/mol. The van der Waals surface area contributed by atoms with Crippen LogP contribution in [0, 0.1) is 17.8 Å². The summed E-state index contributed by atoms with van der Waals surface area (Å²) in [7, 11) is 0. The van der Waals surface area contributed by atoms with Gasteiger partial charge in [0.25, 0.3) is 5.91 Å². The quantitative estimate of drug-likeness (QED) is 0.847. The van der Waals surface area contributed by atoms with Crippen molar-refractivity contribution >= 4 is 29.3 Å². The fourth-order valence-corrected chi connectivity index (χ4v) is 6.88. The highest BCUT2D eigenvalue weighted by molar-refractivity contribution is 7.99. The van der Waals surface area contributed by atoms with Gasteiger partial charge in [-0.1, -0.05) is 0 Å². The van der Waals surface area contributed by atoms with Crippen LogP contribution in [-0.4, -0.2) is 23.1 Å². The average Bonchev–Trinajstić information content (AvgIpc) is 2.72. The van der Waals surface area contributed by atoms with Gasteiger partial charge in [0.2, 0.25) is 5.91 Å². The second-order valence-electron chi connectivity index (χ2n) is 8.51. The van der Waals surface area contributed by atoms with Crippen molar-refractivity contribution in [3.63, 3.8) is 0 Å². The number of carbonyl (C=O) groups excluding carboxylic acids is 2. The Balaban J connectivity index is 1.37. The molecule has 1 heterocycles. The summed E-state index contributed by atoms with van der Waals surface area (Å²) >= 11 is 1.67. The maximum absolute atomic E-state index is 13.0. The number of hydrogen-bond donors (Lipinski definition) is 2. The summed E-state index contributed by atoms with van der Waals surface area (Å²) in [6.45, 7) is 0. The number of carbonyl (C=O) groups is 2. The summed E-state index contributed by atoms with van der Waals surface area (Å²) in [6.07, 6.45) is 8.10. The molecule has 5 heteroatoms. The molecule has 132 valence electrons. The number of rotatable bonds is 2. The number of benzene rings is 1. The average molecular weight is 356 g/mol. The number of hydrogen-bond acceptors (Lipinski definition) is 3. The lowest BCUT2D eigenvalue weighted by atomic mass is 9.53. The number of thioether (sulfide) groups is 1. The van der Waals surface area contributed by atoms with Crippen molar-refractivity contribution in [2.75, 3.05) is 11.1 Å². The lowest BCUT2D eigenvalue weighted by molar-refractivity contribution is -0.115. The van der Waals surface area contributed by atoms with E-state index in [-0.39, 0.29) is 17.4 Å². The van der Waals surface area contributed by atoms with Crippen molar-refractivity contribution in [3.05, 3.63) is 23.8 Å². The lowest BCUT2D eigenvalue weighted by Gasteiger charge is -2.56. The molecule has 2 amide bonds. The van der Waals surface area contributed by atoms with Gasteiger partial charge in [0.1, 0.15) is 0 Å². The molecule has 25 heavy (non-hydrogen) atoms. The van der Waals surface area contributed by atoms with E-state index >= 15 is 0 Å². The molecule has 4 nitrogen and oxygen atoms in total. The Morgan fingerprint density at radius 2 is 1.80 bits per heavy atom. The molecular weight excluding hydrogens is 332 g/mol. The minimum atomic E-state index is 0.0215. The molecule has 0 radical (unpaired) electrons. The predicted octanol–water partition coefficient (Wildman–Crippen LogP) is 3.82. The van der Waals surface area contributed by atoms with E-state index in [1.54, 1.807) is 11.8 Å². The molecule has 4 aliphatic carbocycles. The van der Waals surface area contributed by atoms with Crippen LogP contribution in [0.5, 0.6) is 0 Å². The Kier molecular flexibility index (Phi) is 3.63. The zero-order chi connectivity index (χ0) is 17.0. The van der Waals surface area contributed by atoms with Gasteiger partial charge in [-0.15, -0.1) is 11.8 Å². The smallest absolute Gasteiger partial charge is 0.251 e. The van der Waals surface area contributed by atoms with Gasteiger partial charge in [-0.25, -0.2) is 0 Å². The Hall–Kier alpha value is -1.49. The Morgan fingerprint density at radius 1 is 1.12 bits per heavy atom. The topological polar surface area (TPSA) is 58.2 Å². The number of amides is 2. The number of nitrogens with one attached hydrogen (secondary N) is 2. The number of fused-ring (bicyclic) bond motifs is 1. The van der Waals surface area contributed by atoms with Gasteiger partial charge in [0.05, 0.1) is 5.69 Å². The number of anilines is 1. The third-order valence-corrected chi connectivity index (χ3v) is 7.59. The van der Waals surface area contributed by atoms with Crippen molar-refractivity contribution in [1.82, 2.24) is 5.32 Å². The van der Waals surface area contributed by atoms with Crippen LogP contribution < -0.4 is 10.6 Å². The lowest BCUT2D eigenvalue weighted by Crippen LogP contribution is -2.59. The fraction of sp³-hybridized carbons (Fsp3) is 0.600. The monoisotopic (exact) mass is 356 g/mol. The molecule has 6 rings (SSSR count). The fourth-order valence-electron chi connectivity index (χ4n) is 5.94. The maximum atomic E-state index is 13.0. The van der Waals surface area contributed by atoms with Gasteiger partial charge in [0.15, 0.2) is 0 Å². The first kappa shape index (κ1) is 15.7. The summed E-state index contributed by atoms with van der Waals surface area (Å²) in [6, 6.07) is 5.72. The SMILES string of the molecule is O=C1CCSc2ccc(C(=O)NC34CC5CC(CC(C5)C3)C4)cc2N1. The zero-order valence-corrected chi connectivity index (χ0v) is 15.2. The van der Waals surface area contributed by atoms with Crippen LogP contribution in [0.4, 0.5) is 5.69 Å². The third-order valence-electron chi connectivity index (χ3n) is 6.52. The van der Waals surface area contributed by atoms with Crippen LogP contribution in [0.15, 0.2) is 23.1 Å². The highest BCUT2D eigenvalue weighted by Gasteiger charge is 2.51. The minimum absolute atomic E-state index is 0.0215. The molecule has 1 aliphatic heterocycles. The van der Waals surface area contributed by atoms with E-state index in [9.17, 15) is 9.59 Å². The molecule has 0 atom stereocenters. The zero-order valence-electron chi connectivity index (χ0n) is 14.3. The van der Waals surface area contributed by atoms with E-state index in [4.69, 9.17) is 0 Å². The first-order valence-corrected chi connectivity index (χ1v) is 10.5. The van der Waals surface area contributed by atoms with Crippen LogP contribution in [0.25, 0.3) is 0 Å². The van der Waals surface area contributed by atoms with Crippen LogP contribution in [0.1, 0.15) is 55.3 Å². The van der Waals surface area contributed by atoms with E-state index < -0.39 is 0 Å². The second kappa shape index (κ2) is 5.76. The van der Waals surface area contributed by atoms with Crippen molar-refractivity contribution in [3.8, 4) is 0 Å². The normalized spacial score (nSPS) is 35.7. The highest BCUT2D eigenvalue weighted by Crippen LogP contribution is 2.55. The van der Waals surface area contributed by atoms with Crippen LogP contribution >= 0.6 is 11.8 Å². The minimum Gasteiger partial charge on any atom is -0.347 e. The molecule has 0 saturated heterocycles. The molecule has 1 aromatic rings. The molecule has 4 fully saturated rings.